The fourth-order valence-corrected chi connectivity index (χ4v) is 3.45. The number of piperidine rings is 1. The van der Waals surface area contributed by atoms with E-state index in [1.165, 1.54) is 12.7 Å². The minimum atomic E-state index is -0.0994. The van der Waals surface area contributed by atoms with E-state index < -0.39 is 0 Å². The Morgan fingerprint density at radius 1 is 1.32 bits per heavy atom. The van der Waals surface area contributed by atoms with E-state index >= 15 is 0 Å². The minimum absolute atomic E-state index is 0.0994. The average Bonchev–Trinajstić information content (AvgIpc) is 2.53. The number of carbonyl (C=O) groups excluding carboxylic acids is 1. The molecular weight excluding hydrogens is 276 g/mol. The van der Waals surface area contributed by atoms with Crippen molar-refractivity contribution in [2.45, 2.75) is 31.8 Å². The summed E-state index contributed by atoms with van der Waals surface area (Å²) in [7, 11) is 5.75. The number of hydrogen-bond acceptors (Lipinski definition) is 4. The molecule has 2 rings (SSSR count). The van der Waals surface area contributed by atoms with Crippen molar-refractivity contribution in [1.29, 1.82) is 0 Å². The van der Waals surface area contributed by atoms with Gasteiger partial charge in [0.2, 0.25) is 0 Å². The molecule has 1 heterocycles. The maximum atomic E-state index is 11.5. The van der Waals surface area contributed by atoms with Gasteiger partial charge in [-0.1, -0.05) is 30.3 Å². The molecule has 4 heteroatoms. The molecule has 1 fully saturated rings. The molecule has 1 aliphatic rings. The highest BCUT2D eigenvalue weighted by Crippen LogP contribution is 2.26. The standard InChI is InChI=1S/C18H28N2O2/c1-19(2)17-11-12-20(13-15-7-5-4-6-8-15)14-16(17)9-10-18(21)22-3/h4-8,16-17H,9-14H2,1-3H3/t16-,17-/m1/s1. The van der Waals surface area contributed by atoms with E-state index in [2.05, 4.69) is 54.2 Å². The Morgan fingerprint density at radius 2 is 2.05 bits per heavy atom. The van der Waals surface area contributed by atoms with E-state index in [4.69, 9.17) is 4.74 Å². The molecule has 0 saturated carbocycles. The van der Waals surface area contributed by atoms with E-state index in [-0.39, 0.29) is 5.97 Å². The van der Waals surface area contributed by atoms with Crippen molar-refractivity contribution in [3.63, 3.8) is 0 Å². The number of esters is 1. The number of hydrogen-bond donors (Lipinski definition) is 0. The number of rotatable bonds is 6. The molecule has 0 spiro atoms. The minimum Gasteiger partial charge on any atom is -0.469 e. The Hall–Kier alpha value is -1.39. The van der Waals surface area contributed by atoms with Gasteiger partial charge in [0.05, 0.1) is 7.11 Å². The molecule has 0 aromatic heterocycles. The number of carbonyl (C=O) groups is 1. The van der Waals surface area contributed by atoms with Gasteiger partial charge in [-0.2, -0.15) is 0 Å². The van der Waals surface area contributed by atoms with Gasteiger partial charge in [0.25, 0.3) is 0 Å². The van der Waals surface area contributed by atoms with Crippen LogP contribution in [0, 0.1) is 5.92 Å². The number of nitrogens with zero attached hydrogens (tertiary/aromatic N) is 2. The van der Waals surface area contributed by atoms with Gasteiger partial charge in [-0.3, -0.25) is 9.69 Å². The molecule has 0 radical (unpaired) electrons. The molecule has 122 valence electrons. The van der Waals surface area contributed by atoms with Crippen LogP contribution >= 0.6 is 0 Å². The van der Waals surface area contributed by atoms with Crippen molar-refractivity contribution in [1.82, 2.24) is 9.80 Å². The normalized spacial score (nSPS) is 22.7. The van der Waals surface area contributed by atoms with E-state index in [1.807, 2.05) is 0 Å². The summed E-state index contributed by atoms with van der Waals surface area (Å²) < 4.78 is 4.79. The van der Waals surface area contributed by atoms with Crippen LogP contribution < -0.4 is 0 Å². The summed E-state index contributed by atoms with van der Waals surface area (Å²) in [6.07, 6.45) is 2.58. The largest absolute Gasteiger partial charge is 0.469 e. The van der Waals surface area contributed by atoms with Gasteiger partial charge >= 0.3 is 5.97 Å². The Balaban J connectivity index is 1.94. The van der Waals surface area contributed by atoms with Gasteiger partial charge in [-0.05, 0) is 45.0 Å². The predicted octanol–water partition coefficient (Wildman–Crippen LogP) is 2.39. The van der Waals surface area contributed by atoms with E-state index in [0.717, 1.165) is 32.5 Å². The van der Waals surface area contributed by atoms with E-state index in [1.54, 1.807) is 0 Å². The Bertz CT molecular complexity index is 461. The van der Waals surface area contributed by atoms with Gasteiger partial charge < -0.3 is 9.64 Å². The number of likely N-dealkylation sites (tertiary alicyclic amines) is 1. The first-order valence-corrected chi connectivity index (χ1v) is 8.09. The van der Waals surface area contributed by atoms with Crippen molar-refractivity contribution in [2.75, 3.05) is 34.3 Å². The van der Waals surface area contributed by atoms with Gasteiger partial charge in [0, 0.05) is 25.6 Å². The van der Waals surface area contributed by atoms with Crippen molar-refractivity contribution in [2.24, 2.45) is 5.92 Å². The van der Waals surface area contributed by atoms with Crippen LogP contribution in [0.15, 0.2) is 30.3 Å². The Morgan fingerprint density at radius 3 is 2.68 bits per heavy atom. The summed E-state index contributed by atoms with van der Waals surface area (Å²) in [6, 6.07) is 11.2. The van der Waals surface area contributed by atoms with Crippen LogP contribution in [0.5, 0.6) is 0 Å². The highest BCUT2D eigenvalue weighted by atomic mass is 16.5. The molecule has 4 nitrogen and oxygen atoms in total. The van der Waals surface area contributed by atoms with Crippen molar-refractivity contribution < 1.29 is 9.53 Å². The summed E-state index contributed by atoms with van der Waals surface area (Å²) in [5.41, 5.74) is 1.36. The first-order chi connectivity index (χ1) is 10.6. The quantitative estimate of drug-likeness (QED) is 0.756. The van der Waals surface area contributed by atoms with Crippen LogP contribution in [0.1, 0.15) is 24.8 Å². The third-order valence-electron chi connectivity index (χ3n) is 4.64. The van der Waals surface area contributed by atoms with E-state index in [9.17, 15) is 4.79 Å². The number of methoxy groups -OCH3 is 1. The van der Waals surface area contributed by atoms with Crippen LogP contribution in [0.3, 0.4) is 0 Å². The van der Waals surface area contributed by atoms with Gasteiger partial charge in [-0.15, -0.1) is 0 Å². The van der Waals surface area contributed by atoms with Gasteiger partial charge in [0.1, 0.15) is 0 Å². The topological polar surface area (TPSA) is 32.8 Å². The lowest BCUT2D eigenvalue weighted by Gasteiger charge is -2.41. The third-order valence-corrected chi connectivity index (χ3v) is 4.64. The second-order valence-electron chi connectivity index (χ2n) is 6.42. The predicted molar refractivity (Wildman–Crippen MR) is 88.6 cm³/mol. The summed E-state index contributed by atoms with van der Waals surface area (Å²) in [4.78, 5) is 16.3. The monoisotopic (exact) mass is 304 g/mol. The zero-order valence-corrected chi connectivity index (χ0v) is 14.0. The Kier molecular flexibility index (Phi) is 6.40. The molecule has 2 atom stereocenters. The second-order valence-corrected chi connectivity index (χ2v) is 6.42. The summed E-state index contributed by atoms with van der Waals surface area (Å²) in [5.74, 6) is 0.421. The average molecular weight is 304 g/mol. The van der Waals surface area contributed by atoms with Crippen molar-refractivity contribution >= 4 is 5.97 Å². The molecule has 1 saturated heterocycles. The van der Waals surface area contributed by atoms with Crippen molar-refractivity contribution in [3.05, 3.63) is 35.9 Å². The smallest absolute Gasteiger partial charge is 0.305 e. The first kappa shape index (κ1) is 17.0. The molecule has 0 bridgehead atoms. The lowest BCUT2D eigenvalue weighted by Crippen LogP contribution is -2.48. The fourth-order valence-electron chi connectivity index (χ4n) is 3.45. The molecule has 22 heavy (non-hydrogen) atoms. The molecule has 1 aromatic rings. The zero-order valence-electron chi connectivity index (χ0n) is 14.0. The van der Waals surface area contributed by atoms with Crippen LogP contribution in [0.25, 0.3) is 0 Å². The van der Waals surface area contributed by atoms with E-state index in [0.29, 0.717) is 18.4 Å². The van der Waals surface area contributed by atoms with Crippen molar-refractivity contribution in [3.8, 4) is 0 Å². The van der Waals surface area contributed by atoms with Gasteiger partial charge in [-0.25, -0.2) is 0 Å². The summed E-state index contributed by atoms with van der Waals surface area (Å²) >= 11 is 0. The summed E-state index contributed by atoms with van der Waals surface area (Å²) in [6.45, 7) is 3.16. The Labute approximate surface area is 134 Å². The fraction of sp³-hybridized carbons (Fsp3) is 0.611. The SMILES string of the molecule is COC(=O)CC[C@@H]1CN(Cc2ccccc2)CC[C@H]1N(C)C. The second kappa shape index (κ2) is 8.30. The van der Waals surface area contributed by atoms with Crippen LogP contribution in [-0.2, 0) is 16.1 Å². The highest BCUT2D eigenvalue weighted by molar-refractivity contribution is 5.69. The lowest BCUT2D eigenvalue weighted by molar-refractivity contribution is -0.141. The van der Waals surface area contributed by atoms with Crippen LogP contribution in [0.4, 0.5) is 0 Å². The highest BCUT2D eigenvalue weighted by Gasteiger charge is 2.30. The molecule has 0 N–H and O–H groups in total. The zero-order chi connectivity index (χ0) is 15.9. The maximum Gasteiger partial charge on any atom is 0.305 e. The number of ether oxygens (including phenoxy) is 1. The molecule has 0 amide bonds. The molecule has 0 aliphatic carbocycles. The number of benzene rings is 1. The van der Waals surface area contributed by atoms with Gasteiger partial charge in [0.15, 0.2) is 0 Å². The third kappa shape index (κ3) is 4.82. The maximum absolute atomic E-state index is 11.5. The van der Waals surface area contributed by atoms with Crippen LogP contribution in [-0.4, -0.2) is 56.1 Å². The van der Waals surface area contributed by atoms with Crippen LogP contribution in [0.2, 0.25) is 0 Å². The molecular formula is C18H28N2O2. The molecule has 1 aliphatic heterocycles. The molecule has 0 unspecified atom stereocenters. The molecule has 1 aromatic carbocycles. The lowest BCUT2D eigenvalue weighted by atomic mass is 9.87. The first-order valence-electron chi connectivity index (χ1n) is 8.09. The summed E-state index contributed by atoms with van der Waals surface area (Å²) in [5, 5.41) is 0.